The van der Waals surface area contributed by atoms with Crippen LogP contribution in [0.15, 0.2) is 34.3 Å². The van der Waals surface area contributed by atoms with Crippen LogP contribution in [0.2, 0.25) is 0 Å². The second kappa shape index (κ2) is 16.3. The lowest BCUT2D eigenvalue weighted by Gasteiger charge is -2.36. The van der Waals surface area contributed by atoms with E-state index in [9.17, 15) is 10.2 Å². The second-order valence-corrected chi connectivity index (χ2v) is 19.0. The van der Waals surface area contributed by atoms with Gasteiger partial charge in [-0.05, 0) is 78.0 Å². The highest BCUT2D eigenvalue weighted by Gasteiger charge is 2.34. The normalized spacial score (nSPS) is 20.7. The van der Waals surface area contributed by atoms with Gasteiger partial charge in [-0.3, -0.25) is 24.4 Å². The minimum absolute atomic E-state index is 0.0340. The second-order valence-electron chi connectivity index (χ2n) is 19.0. The largest absolute Gasteiger partial charge is 0.507 e. The van der Waals surface area contributed by atoms with Gasteiger partial charge in [0.2, 0.25) is 0 Å². The summed E-state index contributed by atoms with van der Waals surface area (Å²) in [4.78, 5) is 15.4. The molecule has 5 rings (SSSR count). The van der Waals surface area contributed by atoms with E-state index >= 15 is 0 Å². The summed E-state index contributed by atoms with van der Waals surface area (Å²) in [6.07, 6.45) is 15.0. The van der Waals surface area contributed by atoms with E-state index in [0.29, 0.717) is 11.5 Å². The molecule has 52 heavy (non-hydrogen) atoms. The molecule has 286 valence electrons. The Kier molecular flexibility index (Phi) is 12.5. The number of unbranched alkanes of at least 4 members (excludes halogenated alkanes) is 2. The van der Waals surface area contributed by atoms with E-state index in [1.165, 1.54) is 62.4 Å². The van der Waals surface area contributed by atoms with E-state index in [4.69, 9.17) is 9.98 Å². The molecule has 1 aliphatic carbocycles. The predicted molar refractivity (Wildman–Crippen MR) is 220 cm³/mol. The van der Waals surface area contributed by atoms with Crippen molar-refractivity contribution < 1.29 is 14.8 Å². The van der Waals surface area contributed by atoms with Crippen LogP contribution >= 0.6 is 0 Å². The molecule has 7 nitrogen and oxygen atoms in total. The summed E-state index contributed by atoms with van der Waals surface area (Å²) < 4.78 is 2.46. The number of guanidine groups is 1. The molecule has 2 heterocycles. The smallest absolute Gasteiger partial charge is 0.350 e. The number of rotatable bonds is 10. The number of hydrogen-bond donors (Lipinski definition) is 2. The van der Waals surface area contributed by atoms with Crippen molar-refractivity contribution in [3.8, 4) is 11.5 Å². The molecule has 0 spiro atoms. The Labute approximate surface area is 316 Å². The molecule has 3 aliphatic rings. The molecule has 2 aliphatic heterocycles. The van der Waals surface area contributed by atoms with Gasteiger partial charge in [0, 0.05) is 47.5 Å². The summed E-state index contributed by atoms with van der Waals surface area (Å²) in [5, 5.41) is 22.9. The van der Waals surface area contributed by atoms with Crippen LogP contribution in [-0.2, 0) is 22.7 Å². The van der Waals surface area contributed by atoms with Crippen molar-refractivity contribution in [2.24, 2.45) is 9.98 Å². The van der Waals surface area contributed by atoms with Gasteiger partial charge in [0.25, 0.3) is 0 Å². The Balaban J connectivity index is 1.29. The van der Waals surface area contributed by atoms with Gasteiger partial charge in [0.05, 0.1) is 51.9 Å². The zero-order chi connectivity index (χ0) is 37.8. The topological polar surface area (TPSA) is 74.7 Å². The van der Waals surface area contributed by atoms with Gasteiger partial charge in [0.1, 0.15) is 11.5 Å². The number of aromatic hydroxyl groups is 2. The standard InChI is InChI=1S/C45H69N5O2/c1-43(2,3)35-28-34(41(52)37(29-35)45(7,8)9)31-47-39-20-14-13-19-38(39)46-30-33-26-32(27-36(40(33)51)44(4,5)6)18-12-11-15-22-49-24-17-25-50-23-16-21-48(10)42(49)50/h26-31,38-39H,11-25H2,1-10H3,(H-,46,47,51,52)/p+1. The fraction of sp³-hybridized carbons (Fsp3) is 0.667. The Morgan fingerprint density at radius 2 is 1.27 bits per heavy atom. The summed E-state index contributed by atoms with van der Waals surface area (Å²) in [5.74, 6) is 2.12. The van der Waals surface area contributed by atoms with E-state index in [0.717, 1.165) is 73.9 Å². The first-order valence-electron chi connectivity index (χ1n) is 20.3. The molecule has 0 radical (unpaired) electrons. The van der Waals surface area contributed by atoms with Crippen LogP contribution in [0.5, 0.6) is 11.5 Å². The zero-order valence-electron chi connectivity index (χ0n) is 34.4. The van der Waals surface area contributed by atoms with Crippen LogP contribution in [-0.4, -0.2) is 94.8 Å². The highest BCUT2D eigenvalue weighted by Crippen LogP contribution is 2.38. The molecular weight excluding hydrogens is 643 g/mol. The first-order valence-corrected chi connectivity index (χ1v) is 20.3. The van der Waals surface area contributed by atoms with Crippen molar-refractivity contribution in [3.63, 3.8) is 0 Å². The summed E-state index contributed by atoms with van der Waals surface area (Å²) in [7, 11) is 2.25. The average molecular weight is 713 g/mol. The lowest BCUT2D eigenvalue weighted by molar-refractivity contribution is -0.515. The number of benzene rings is 2. The van der Waals surface area contributed by atoms with E-state index in [-0.39, 0.29) is 28.3 Å². The Bertz CT molecular complexity index is 1630. The van der Waals surface area contributed by atoms with Gasteiger partial charge < -0.3 is 10.2 Å². The average Bonchev–Trinajstić information content (AvgIpc) is 3.06. The summed E-state index contributed by atoms with van der Waals surface area (Å²) in [5.41, 5.74) is 5.59. The van der Waals surface area contributed by atoms with Gasteiger partial charge in [-0.1, -0.05) is 87.3 Å². The molecule has 7 heteroatoms. The third-order valence-electron chi connectivity index (χ3n) is 11.4. The number of nitrogens with zero attached hydrogens (tertiary/aromatic N) is 5. The molecule has 2 aromatic rings. The molecule has 0 amide bonds. The number of aliphatic imine (C=N–C) groups is 2. The fourth-order valence-corrected chi connectivity index (χ4v) is 8.25. The molecule has 0 aromatic heterocycles. The molecule has 2 fully saturated rings. The lowest BCUT2D eigenvalue weighted by Crippen LogP contribution is -2.57. The maximum absolute atomic E-state index is 11.5. The first kappa shape index (κ1) is 39.8. The van der Waals surface area contributed by atoms with Crippen molar-refractivity contribution in [2.75, 3.05) is 39.8 Å². The minimum atomic E-state index is -0.186. The molecule has 1 saturated heterocycles. The van der Waals surface area contributed by atoms with Crippen LogP contribution < -0.4 is 0 Å². The summed E-state index contributed by atoms with van der Waals surface area (Å²) in [6.45, 7) is 25.5. The monoisotopic (exact) mass is 713 g/mol. The van der Waals surface area contributed by atoms with Crippen molar-refractivity contribution in [1.29, 1.82) is 0 Å². The van der Waals surface area contributed by atoms with Crippen LogP contribution in [0, 0.1) is 0 Å². The van der Waals surface area contributed by atoms with E-state index < -0.39 is 0 Å². The number of hydrogen-bond acceptors (Lipinski definition) is 6. The third-order valence-corrected chi connectivity index (χ3v) is 11.4. The Morgan fingerprint density at radius 1 is 0.692 bits per heavy atom. The van der Waals surface area contributed by atoms with Gasteiger partial charge in [0.15, 0.2) is 0 Å². The molecule has 2 unspecified atom stereocenters. The molecule has 2 N–H and O–H groups in total. The highest BCUT2D eigenvalue weighted by molar-refractivity contribution is 5.86. The van der Waals surface area contributed by atoms with E-state index in [1.807, 2.05) is 12.4 Å². The van der Waals surface area contributed by atoms with Crippen molar-refractivity contribution in [1.82, 2.24) is 9.80 Å². The van der Waals surface area contributed by atoms with E-state index in [1.54, 1.807) is 0 Å². The number of phenols is 2. The highest BCUT2D eigenvalue weighted by atomic mass is 16.3. The molecule has 0 bridgehead atoms. The third kappa shape index (κ3) is 9.79. The first-order chi connectivity index (χ1) is 24.4. The lowest BCUT2D eigenvalue weighted by atomic mass is 9.79. The van der Waals surface area contributed by atoms with Gasteiger partial charge >= 0.3 is 5.96 Å². The maximum Gasteiger partial charge on any atom is 0.350 e. The SMILES string of the molecule is C[N+]1=C2N(CCCCCc3cc(C=NC4CCCCC4N=Cc4cc(C(C)(C)C)cc(C(C)(C)C)c4O)c(O)c(C(C)(C)C)c3)CCCN2CCC1. The van der Waals surface area contributed by atoms with Crippen molar-refractivity contribution >= 4 is 18.4 Å². The van der Waals surface area contributed by atoms with Gasteiger partial charge in [-0.2, -0.15) is 0 Å². The Morgan fingerprint density at radius 3 is 1.87 bits per heavy atom. The van der Waals surface area contributed by atoms with Crippen molar-refractivity contribution in [3.05, 3.63) is 57.6 Å². The predicted octanol–water partition coefficient (Wildman–Crippen LogP) is 8.96. The van der Waals surface area contributed by atoms with Gasteiger partial charge in [-0.15, -0.1) is 0 Å². The molecule has 2 aromatic carbocycles. The van der Waals surface area contributed by atoms with E-state index in [2.05, 4.69) is 108 Å². The minimum Gasteiger partial charge on any atom is -0.507 e. The maximum atomic E-state index is 11.5. The molecular formula is C45H70N5O2+. The van der Waals surface area contributed by atoms with Crippen LogP contribution in [0.4, 0.5) is 0 Å². The van der Waals surface area contributed by atoms with Gasteiger partial charge in [-0.25, -0.2) is 0 Å². The number of aryl methyl sites for hydroxylation is 1. The summed E-state index contributed by atoms with van der Waals surface area (Å²) in [6, 6.07) is 8.71. The Hall–Kier alpha value is -3.35. The quantitative estimate of drug-likeness (QED) is 0.147. The van der Waals surface area contributed by atoms with Crippen LogP contribution in [0.25, 0.3) is 0 Å². The number of phenolic OH excluding ortho intramolecular Hbond substituents is 2. The summed E-state index contributed by atoms with van der Waals surface area (Å²) >= 11 is 0. The zero-order valence-corrected chi connectivity index (χ0v) is 34.4. The van der Waals surface area contributed by atoms with Crippen LogP contribution in [0.3, 0.4) is 0 Å². The fourth-order valence-electron chi connectivity index (χ4n) is 8.25. The van der Waals surface area contributed by atoms with Crippen molar-refractivity contribution in [2.45, 2.75) is 155 Å². The molecule has 2 atom stereocenters. The number of fused-ring (bicyclic) bond motifs is 1. The van der Waals surface area contributed by atoms with Crippen LogP contribution in [0.1, 0.15) is 153 Å². The molecule has 1 saturated carbocycles.